The highest BCUT2D eigenvalue weighted by atomic mass is 32.1. The standard InChI is InChI=1S/C22H20F3N5S/c23-22(24,25)17-5-1-13(2-6-17)7-18(26)11-29-21-30-12-19(31-21)14-3-4-15-10-28-20(27)9-16(15)8-14/h1-6,8-10,12,18H,7,11,26H2,(H2,27,28)(H,29,30)/t18-/m1/s1. The summed E-state index contributed by atoms with van der Waals surface area (Å²) in [5, 5.41) is 5.95. The number of nitrogens with one attached hydrogen (secondary N) is 1. The molecule has 0 saturated heterocycles. The molecular weight excluding hydrogens is 423 g/mol. The van der Waals surface area contributed by atoms with Crippen LogP contribution in [0.1, 0.15) is 11.1 Å². The second kappa shape index (κ2) is 8.52. The maximum Gasteiger partial charge on any atom is 0.416 e. The summed E-state index contributed by atoms with van der Waals surface area (Å²) in [6, 6.07) is 12.7. The van der Waals surface area contributed by atoms with E-state index in [0.717, 1.165) is 44.0 Å². The van der Waals surface area contributed by atoms with Crippen LogP contribution in [-0.2, 0) is 12.6 Å². The zero-order valence-corrected chi connectivity index (χ0v) is 17.2. The van der Waals surface area contributed by atoms with Crippen molar-refractivity contribution < 1.29 is 13.2 Å². The molecule has 0 radical (unpaired) electrons. The minimum Gasteiger partial charge on any atom is -0.384 e. The third-order valence-electron chi connectivity index (χ3n) is 4.83. The highest BCUT2D eigenvalue weighted by Gasteiger charge is 2.29. The number of nitrogens with zero attached hydrogens (tertiary/aromatic N) is 2. The Morgan fingerprint density at radius 3 is 2.48 bits per heavy atom. The first-order valence-corrected chi connectivity index (χ1v) is 10.4. The Kier molecular flexibility index (Phi) is 5.79. The quantitative estimate of drug-likeness (QED) is 0.393. The first kappa shape index (κ1) is 21.1. The van der Waals surface area contributed by atoms with Crippen molar-refractivity contribution in [1.82, 2.24) is 9.97 Å². The first-order chi connectivity index (χ1) is 14.8. The molecule has 0 unspecified atom stereocenters. The van der Waals surface area contributed by atoms with Crippen LogP contribution >= 0.6 is 11.3 Å². The van der Waals surface area contributed by atoms with E-state index < -0.39 is 11.7 Å². The lowest BCUT2D eigenvalue weighted by atomic mass is 10.0. The van der Waals surface area contributed by atoms with Gasteiger partial charge in [-0.15, -0.1) is 0 Å². The van der Waals surface area contributed by atoms with E-state index in [1.54, 1.807) is 12.4 Å². The third-order valence-corrected chi connectivity index (χ3v) is 5.83. The van der Waals surface area contributed by atoms with Gasteiger partial charge in [0.25, 0.3) is 0 Å². The van der Waals surface area contributed by atoms with Crippen molar-refractivity contribution in [2.45, 2.75) is 18.6 Å². The Hall–Kier alpha value is -3.17. The predicted octanol–water partition coefficient (Wildman–Crippen LogP) is 4.94. The van der Waals surface area contributed by atoms with E-state index in [4.69, 9.17) is 11.5 Å². The molecule has 0 bridgehead atoms. The topological polar surface area (TPSA) is 89.8 Å². The van der Waals surface area contributed by atoms with Crippen LogP contribution in [0, 0.1) is 0 Å². The number of hydrogen-bond acceptors (Lipinski definition) is 6. The second-order valence-electron chi connectivity index (χ2n) is 7.24. The highest BCUT2D eigenvalue weighted by molar-refractivity contribution is 7.18. The summed E-state index contributed by atoms with van der Waals surface area (Å²) in [6.45, 7) is 0.452. The summed E-state index contributed by atoms with van der Waals surface area (Å²) in [5.74, 6) is 0.471. The predicted molar refractivity (Wildman–Crippen MR) is 119 cm³/mol. The number of nitrogens with two attached hydrogens (primary N) is 2. The normalized spacial score (nSPS) is 12.8. The van der Waals surface area contributed by atoms with Crippen molar-refractivity contribution in [2.24, 2.45) is 5.73 Å². The first-order valence-electron chi connectivity index (χ1n) is 9.55. The molecule has 0 spiro atoms. The van der Waals surface area contributed by atoms with Gasteiger partial charge in [0.15, 0.2) is 5.13 Å². The molecular formula is C22H20F3N5S. The van der Waals surface area contributed by atoms with Crippen LogP contribution in [-0.4, -0.2) is 22.6 Å². The maximum atomic E-state index is 12.7. The second-order valence-corrected chi connectivity index (χ2v) is 8.27. The van der Waals surface area contributed by atoms with Gasteiger partial charge in [-0.05, 0) is 47.2 Å². The molecule has 5 nitrogen and oxygen atoms in total. The van der Waals surface area contributed by atoms with Crippen molar-refractivity contribution in [3.8, 4) is 10.4 Å². The van der Waals surface area contributed by atoms with Gasteiger partial charge in [0.2, 0.25) is 0 Å². The molecule has 0 amide bonds. The summed E-state index contributed by atoms with van der Waals surface area (Å²) >= 11 is 1.50. The number of anilines is 2. The summed E-state index contributed by atoms with van der Waals surface area (Å²) in [4.78, 5) is 9.49. The van der Waals surface area contributed by atoms with Crippen molar-refractivity contribution in [2.75, 3.05) is 17.6 Å². The van der Waals surface area contributed by atoms with E-state index in [0.29, 0.717) is 18.8 Å². The summed E-state index contributed by atoms with van der Waals surface area (Å²) in [6.07, 6.45) is -0.338. The number of halogens is 3. The molecule has 1 atom stereocenters. The van der Waals surface area contributed by atoms with Crippen molar-refractivity contribution in [3.63, 3.8) is 0 Å². The lowest BCUT2D eigenvalue weighted by molar-refractivity contribution is -0.137. The van der Waals surface area contributed by atoms with Crippen LogP contribution in [0.4, 0.5) is 24.1 Å². The van der Waals surface area contributed by atoms with Gasteiger partial charge >= 0.3 is 6.18 Å². The fourth-order valence-corrected chi connectivity index (χ4v) is 4.04. The van der Waals surface area contributed by atoms with E-state index in [2.05, 4.69) is 15.3 Å². The van der Waals surface area contributed by atoms with Gasteiger partial charge in [0, 0.05) is 30.4 Å². The molecule has 0 aliphatic rings. The minimum atomic E-state index is -4.33. The van der Waals surface area contributed by atoms with Gasteiger partial charge in [-0.25, -0.2) is 9.97 Å². The van der Waals surface area contributed by atoms with Gasteiger partial charge in [0.1, 0.15) is 5.82 Å². The molecule has 9 heteroatoms. The minimum absolute atomic E-state index is 0.264. The van der Waals surface area contributed by atoms with Gasteiger partial charge in [-0.2, -0.15) is 13.2 Å². The van der Waals surface area contributed by atoms with Crippen LogP contribution in [0.2, 0.25) is 0 Å². The number of aromatic nitrogens is 2. The summed E-state index contributed by atoms with van der Waals surface area (Å²) in [5.41, 5.74) is 13.0. The Bertz CT molecular complexity index is 1190. The SMILES string of the molecule is Nc1cc2cc(-c3cnc(NC[C@H](N)Cc4ccc(C(F)(F)F)cc4)s3)ccc2cn1. The molecule has 31 heavy (non-hydrogen) atoms. The number of thiazole rings is 1. The number of benzene rings is 2. The van der Waals surface area contributed by atoms with Crippen LogP contribution in [0.15, 0.2) is 60.9 Å². The Morgan fingerprint density at radius 1 is 0.968 bits per heavy atom. The number of fused-ring (bicyclic) bond motifs is 1. The Labute approximate surface area is 180 Å². The number of hydrogen-bond donors (Lipinski definition) is 3. The van der Waals surface area contributed by atoms with E-state index >= 15 is 0 Å². The molecule has 160 valence electrons. The molecule has 0 saturated carbocycles. The molecule has 4 aromatic rings. The monoisotopic (exact) mass is 443 g/mol. The molecule has 0 fully saturated rings. The summed E-state index contributed by atoms with van der Waals surface area (Å²) in [7, 11) is 0. The van der Waals surface area contributed by atoms with Crippen LogP contribution < -0.4 is 16.8 Å². The smallest absolute Gasteiger partial charge is 0.384 e. The van der Waals surface area contributed by atoms with Gasteiger partial charge in [0.05, 0.1) is 10.4 Å². The van der Waals surface area contributed by atoms with Crippen molar-refractivity contribution in [1.29, 1.82) is 0 Å². The van der Waals surface area contributed by atoms with E-state index in [-0.39, 0.29) is 6.04 Å². The fraction of sp³-hybridized carbons (Fsp3) is 0.182. The molecule has 2 aromatic carbocycles. The average Bonchev–Trinajstić information content (AvgIpc) is 3.20. The van der Waals surface area contributed by atoms with Gasteiger partial charge in [-0.1, -0.05) is 35.6 Å². The average molecular weight is 443 g/mol. The maximum absolute atomic E-state index is 12.7. The van der Waals surface area contributed by atoms with Gasteiger partial charge < -0.3 is 16.8 Å². The largest absolute Gasteiger partial charge is 0.416 e. The van der Waals surface area contributed by atoms with E-state index in [1.807, 2.05) is 24.3 Å². The van der Waals surface area contributed by atoms with E-state index in [1.165, 1.54) is 23.5 Å². The number of pyridine rings is 1. The summed E-state index contributed by atoms with van der Waals surface area (Å²) < 4.78 is 38.0. The lowest BCUT2D eigenvalue weighted by Gasteiger charge is -2.13. The lowest BCUT2D eigenvalue weighted by Crippen LogP contribution is -2.31. The van der Waals surface area contributed by atoms with Crippen molar-refractivity contribution in [3.05, 3.63) is 72.1 Å². The molecule has 4 rings (SSSR count). The Morgan fingerprint density at radius 2 is 1.74 bits per heavy atom. The van der Waals surface area contributed by atoms with E-state index in [9.17, 15) is 13.2 Å². The van der Waals surface area contributed by atoms with Gasteiger partial charge in [-0.3, -0.25) is 0 Å². The van der Waals surface area contributed by atoms with Crippen molar-refractivity contribution >= 4 is 33.1 Å². The molecule has 2 aromatic heterocycles. The third kappa shape index (κ3) is 5.12. The number of nitrogen functional groups attached to an aromatic ring is 1. The van der Waals surface area contributed by atoms with Crippen LogP contribution in [0.5, 0.6) is 0 Å². The zero-order valence-electron chi connectivity index (χ0n) is 16.4. The molecule has 0 aliphatic heterocycles. The Balaban J connectivity index is 1.37. The highest BCUT2D eigenvalue weighted by Crippen LogP contribution is 2.32. The number of rotatable bonds is 6. The van der Waals surface area contributed by atoms with Crippen LogP contribution in [0.25, 0.3) is 21.2 Å². The molecule has 2 heterocycles. The fourth-order valence-electron chi connectivity index (χ4n) is 3.22. The molecule has 5 N–H and O–H groups in total. The zero-order chi connectivity index (χ0) is 22.0. The molecule has 0 aliphatic carbocycles. The van der Waals surface area contributed by atoms with Crippen LogP contribution in [0.3, 0.4) is 0 Å². The number of alkyl halides is 3.